The Bertz CT molecular complexity index is 269. The van der Waals surface area contributed by atoms with E-state index in [1.165, 1.54) is 4.68 Å². The fourth-order valence-corrected chi connectivity index (χ4v) is 0.668. The smallest absolute Gasteiger partial charge is 0.328 e. The molecule has 1 heterocycles. The van der Waals surface area contributed by atoms with E-state index in [-0.39, 0.29) is 0 Å². The zero-order valence-electron chi connectivity index (χ0n) is 6.35. The molecule has 0 aliphatic carbocycles. The molecule has 0 bridgehead atoms. The first-order valence-corrected chi connectivity index (χ1v) is 3.22. The highest BCUT2D eigenvalue weighted by atomic mass is 16.4. The standard InChI is InChI=1S/C6H9N3O2/c1-4-3-9(8-7-4)5(2)6(10)11/h3,5H,1-2H3,(H,10,11)/t5-/m1/s1. The van der Waals surface area contributed by atoms with Gasteiger partial charge in [0.1, 0.15) is 6.04 Å². The molecular weight excluding hydrogens is 146 g/mol. The molecule has 0 radical (unpaired) electrons. The van der Waals surface area contributed by atoms with Crippen molar-refractivity contribution in [2.45, 2.75) is 19.9 Å². The summed E-state index contributed by atoms with van der Waals surface area (Å²) in [4.78, 5) is 10.4. The van der Waals surface area contributed by atoms with Crippen LogP contribution in [0.3, 0.4) is 0 Å². The maximum absolute atomic E-state index is 10.4. The second-order valence-electron chi connectivity index (χ2n) is 2.35. The highest BCUT2D eigenvalue weighted by molar-refractivity contribution is 5.71. The molecule has 1 rings (SSSR count). The van der Waals surface area contributed by atoms with Crippen molar-refractivity contribution in [3.63, 3.8) is 0 Å². The molecule has 0 saturated heterocycles. The normalized spacial score (nSPS) is 12.9. The third-order valence-electron chi connectivity index (χ3n) is 1.38. The van der Waals surface area contributed by atoms with Gasteiger partial charge in [-0.3, -0.25) is 0 Å². The molecule has 1 aromatic heterocycles. The molecule has 1 aromatic rings. The Kier molecular flexibility index (Phi) is 1.89. The van der Waals surface area contributed by atoms with Crippen LogP contribution in [0.5, 0.6) is 0 Å². The van der Waals surface area contributed by atoms with Crippen molar-refractivity contribution in [1.82, 2.24) is 15.0 Å². The number of aromatic nitrogens is 3. The summed E-state index contributed by atoms with van der Waals surface area (Å²) in [7, 11) is 0. The molecule has 5 nitrogen and oxygen atoms in total. The molecule has 1 N–H and O–H groups in total. The predicted octanol–water partition coefficient (Wildman–Crippen LogP) is 0.232. The Hall–Kier alpha value is -1.39. The summed E-state index contributed by atoms with van der Waals surface area (Å²) in [5.41, 5.74) is 0.720. The molecule has 0 aliphatic heterocycles. The lowest BCUT2D eigenvalue weighted by molar-refractivity contribution is -0.140. The molecule has 0 aromatic carbocycles. The third kappa shape index (κ3) is 1.54. The first kappa shape index (κ1) is 7.71. The predicted molar refractivity (Wildman–Crippen MR) is 37.1 cm³/mol. The van der Waals surface area contributed by atoms with Gasteiger partial charge in [0.15, 0.2) is 0 Å². The average molecular weight is 155 g/mol. The maximum atomic E-state index is 10.4. The molecule has 0 amide bonds. The van der Waals surface area contributed by atoms with Gasteiger partial charge in [-0.05, 0) is 13.8 Å². The van der Waals surface area contributed by atoms with E-state index in [9.17, 15) is 4.79 Å². The van der Waals surface area contributed by atoms with E-state index < -0.39 is 12.0 Å². The SMILES string of the molecule is Cc1cn([C@H](C)C(=O)O)nn1. The van der Waals surface area contributed by atoms with Gasteiger partial charge < -0.3 is 5.11 Å². The van der Waals surface area contributed by atoms with Crippen molar-refractivity contribution in [1.29, 1.82) is 0 Å². The zero-order chi connectivity index (χ0) is 8.43. The van der Waals surface area contributed by atoms with Gasteiger partial charge in [-0.2, -0.15) is 0 Å². The first-order valence-electron chi connectivity index (χ1n) is 3.22. The van der Waals surface area contributed by atoms with Gasteiger partial charge in [0.05, 0.1) is 5.69 Å². The maximum Gasteiger partial charge on any atom is 0.328 e. The summed E-state index contributed by atoms with van der Waals surface area (Å²) in [6.45, 7) is 3.31. The van der Waals surface area contributed by atoms with Gasteiger partial charge in [0, 0.05) is 6.20 Å². The molecule has 11 heavy (non-hydrogen) atoms. The molecule has 0 fully saturated rings. The highest BCUT2D eigenvalue weighted by Crippen LogP contribution is 2.02. The van der Waals surface area contributed by atoms with Crippen molar-refractivity contribution < 1.29 is 9.90 Å². The number of hydrogen-bond acceptors (Lipinski definition) is 3. The average Bonchev–Trinajstić information content (AvgIpc) is 2.34. The number of carboxylic acids is 1. The summed E-state index contributed by atoms with van der Waals surface area (Å²) < 4.78 is 1.32. The zero-order valence-corrected chi connectivity index (χ0v) is 6.35. The van der Waals surface area contributed by atoms with E-state index in [0.29, 0.717) is 0 Å². The number of hydrogen-bond donors (Lipinski definition) is 1. The van der Waals surface area contributed by atoms with E-state index in [1.54, 1.807) is 20.0 Å². The Morgan fingerprint density at radius 1 is 1.82 bits per heavy atom. The number of aliphatic carboxylic acids is 1. The monoisotopic (exact) mass is 155 g/mol. The molecule has 0 saturated carbocycles. The molecule has 0 unspecified atom stereocenters. The number of nitrogens with zero attached hydrogens (tertiary/aromatic N) is 3. The number of carboxylic acid groups (broad SMARTS) is 1. The van der Waals surface area contributed by atoms with Crippen LogP contribution in [-0.2, 0) is 4.79 Å². The van der Waals surface area contributed by atoms with E-state index in [2.05, 4.69) is 10.3 Å². The fourth-order valence-electron chi connectivity index (χ4n) is 0.668. The van der Waals surface area contributed by atoms with Gasteiger partial charge in [-0.15, -0.1) is 5.10 Å². The fraction of sp³-hybridized carbons (Fsp3) is 0.500. The Balaban J connectivity index is 2.84. The van der Waals surface area contributed by atoms with Crippen LogP contribution in [0.4, 0.5) is 0 Å². The van der Waals surface area contributed by atoms with E-state index in [1.807, 2.05) is 0 Å². The van der Waals surface area contributed by atoms with Crippen molar-refractivity contribution in [2.24, 2.45) is 0 Å². The van der Waals surface area contributed by atoms with Crippen LogP contribution in [0.25, 0.3) is 0 Å². The summed E-state index contributed by atoms with van der Waals surface area (Å²) in [6.07, 6.45) is 1.60. The van der Waals surface area contributed by atoms with Crippen LogP contribution in [0.2, 0.25) is 0 Å². The lowest BCUT2D eigenvalue weighted by Gasteiger charge is -2.03. The van der Waals surface area contributed by atoms with Gasteiger partial charge in [-0.25, -0.2) is 9.48 Å². The van der Waals surface area contributed by atoms with Gasteiger partial charge >= 0.3 is 5.97 Å². The van der Waals surface area contributed by atoms with Crippen molar-refractivity contribution in [3.8, 4) is 0 Å². The van der Waals surface area contributed by atoms with Crippen molar-refractivity contribution in [3.05, 3.63) is 11.9 Å². The lowest BCUT2D eigenvalue weighted by atomic mass is 10.3. The molecule has 1 atom stereocenters. The summed E-state index contributed by atoms with van der Waals surface area (Å²) in [5.74, 6) is -0.908. The van der Waals surface area contributed by atoms with Crippen LogP contribution in [0.15, 0.2) is 6.20 Å². The number of rotatable bonds is 2. The van der Waals surface area contributed by atoms with Crippen LogP contribution in [-0.4, -0.2) is 26.1 Å². The van der Waals surface area contributed by atoms with Crippen molar-refractivity contribution in [2.75, 3.05) is 0 Å². The molecule has 0 spiro atoms. The van der Waals surface area contributed by atoms with Gasteiger partial charge in [0.25, 0.3) is 0 Å². The topological polar surface area (TPSA) is 68.0 Å². The van der Waals surface area contributed by atoms with Crippen LogP contribution in [0, 0.1) is 6.92 Å². The van der Waals surface area contributed by atoms with E-state index in [4.69, 9.17) is 5.11 Å². The lowest BCUT2D eigenvalue weighted by Crippen LogP contribution is -2.15. The van der Waals surface area contributed by atoms with Crippen LogP contribution < -0.4 is 0 Å². The minimum atomic E-state index is -0.908. The molecule has 5 heteroatoms. The molecule has 60 valence electrons. The largest absolute Gasteiger partial charge is 0.480 e. The minimum Gasteiger partial charge on any atom is -0.480 e. The van der Waals surface area contributed by atoms with Gasteiger partial charge in [0.2, 0.25) is 0 Å². The van der Waals surface area contributed by atoms with E-state index >= 15 is 0 Å². The highest BCUT2D eigenvalue weighted by Gasteiger charge is 2.13. The van der Waals surface area contributed by atoms with Crippen molar-refractivity contribution >= 4 is 5.97 Å². The number of carbonyl (C=O) groups is 1. The first-order chi connectivity index (χ1) is 5.11. The quantitative estimate of drug-likeness (QED) is 0.663. The molecular formula is C6H9N3O2. The minimum absolute atomic E-state index is 0.642. The summed E-state index contributed by atoms with van der Waals surface area (Å²) >= 11 is 0. The second-order valence-corrected chi connectivity index (χ2v) is 2.35. The second kappa shape index (κ2) is 2.69. The Morgan fingerprint density at radius 3 is 2.82 bits per heavy atom. The van der Waals surface area contributed by atoms with Crippen LogP contribution in [0.1, 0.15) is 18.7 Å². The van der Waals surface area contributed by atoms with E-state index in [0.717, 1.165) is 5.69 Å². The Morgan fingerprint density at radius 2 is 2.45 bits per heavy atom. The Labute approximate surface area is 63.6 Å². The van der Waals surface area contributed by atoms with Crippen LogP contribution >= 0.6 is 0 Å². The number of aryl methyl sites for hydroxylation is 1. The summed E-state index contributed by atoms with van der Waals surface area (Å²) in [6, 6.07) is -0.642. The third-order valence-corrected chi connectivity index (χ3v) is 1.38. The molecule has 0 aliphatic rings. The summed E-state index contributed by atoms with van der Waals surface area (Å²) in [5, 5.41) is 15.8. The van der Waals surface area contributed by atoms with Gasteiger partial charge in [-0.1, -0.05) is 5.21 Å².